The lowest BCUT2D eigenvalue weighted by molar-refractivity contribution is -0.0236. The van der Waals surface area contributed by atoms with Crippen LogP contribution in [-0.4, -0.2) is 81.5 Å². The minimum absolute atomic E-state index is 0. The molecular formula is C13H20ClN5O4. The van der Waals surface area contributed by atoms with E-state index in [-0.39, 0.29) is 19.0 Å². The lowest BCUT2D eigenvalue weighted by Crippen LogP contribution is -3.00. The van der Waals surface area contributed by atoms with Crippen LogP contribution in [0.5, 0.6) is 0 Å². The van der Waals surface area contributed by atoms with Crippen LogP contribution in [0, 0.1) is 0 Å². The number of halogens is 1. The van der Waals surface area contributed by atoms with Crippen molar-refractivity contribution >= 4 is 16.9 Å². The number of aliphatic hydroxyl groups excluding tert-OH is 3. The standard InChI is InChI=1S/C13H20N5O4.ClH/c1-18(2,3)13-9-7(14-5-15-13)8(16-17-9)12-11(21)10(20)6(4-19)22-12;/h5-6,10-12,19-21H,4H2,1-3H3,(H,16,17);1H/q+1;/p-1/t6-,10-,11-,12+;/m1./s1. The van der Waals surface area contributed by atoms with Gasteiger partial charge in [0.1, 0.15) is 36.3 Å². The molecule has 1 aliphatic rings. The maximum Gasteiger partial charge on any atom is 0.258 e. The number of aromatic nitrogens is 4. The van der Waals surface area contributed by atoms with Crippen LogP contribution >= 0.6 is 0 Å². The predicted molar refractivity (Wildman–Crippen MR) is 78.0 cm³/mol. The number of H-pyrrole nitrogens is 1. The average Bonchev–Trinajstić information content (AvgIpc) is 3.00. The molecule has 0 radical (unpaired) electrons. The van der Waals surface area contributed by atoms with Gasteiger partial charge in [-0.25, -0.2) is 4.98 Å². The normalized spacial score (nSPS) is 28.1. The summed E-state index contributed by atoms with van der Waals surface area (Å²) in [4.78, 5) is 8.49. The molecule has 128 valence electrons. The van der Waals surface area contributed by atoms with Gasteiger partial charge in [-0.05, 0) is 0 Å². The van der Waals surface area contributed by atoms with E-state index >= 15 is 0 Å². The van der Waals surface area contributed by atoms with Gasteiger partial charge in [-0.15, -0.1) is 0 Å². The molecule has 1 aliphatic heterocycles. The maximum absolute atomic E-state index is 10.1. The Morgan fingerprint density at radius 1 is 1.17 bits per heavy atom. The van der Waals surface area contributed by atoms with Crippen LogP contribution < -0.4 is 16.9 Å². The highest BCUT2D eigenvalue weighted by atomic mass is 35.5. The molecule has 0 aromatic carbocycles. The molecule has 0 bridgehead atoms. The molecule has 0 unspecified atom stereocenters. The van der Waals surface area contributed by atoms with E-state index in [1.807, 2.05) is 21.1 Å². The summed E-state index contributed by atoms with van der Waals surface area (Å²) >= 11 is 0. The highest BCUT2D eigenvalue weighted by molar-refractivity contribution is 5.86. The molecule has 2 aromatic rings. The van der Waals surface area contributed by atoms with Gasteiger partial charge in [0.2, 0.25) is 0 Å². The zero-order valence-corrected chi connectivity index (χ0v) is 13.8. The van der Waals surface area contributed by atoms with E-state index in [0.29, 0.717) is 21.2 Å². The number of quaternary nitrogens is 1. The first-order chi connectivity index (χ1) is 10.3. The SMILES string of the molecule is C[N+](C)(C)c1ncnc2c([C@@H]3O[C@H](CO)[C@@H](O)[C@H]3O)[nH]nc12.[Cl-]. The topological polar surface area (TPSA) is 124 Å². The fraction of sp³-hybridized carbons (Fsp3) is 0.615. The number of nitrogens with zero attached hydrogens (tertiary/aromatic N) is 4. The third kappa shape index (κ3) is 2.91. The van der Waals surface area contributed by atoms with Crippen molar-refractivity contribution in [2.24, 2.45) is 0 Å². The van der Waals surface area contributed by atoms with Crippen LogP contribution in [0.25, 0.3) is 11.0 Å². The van der Waals surface area contributed by atoms with E-state index in [2.05, 4.69) is 20.2 Å². The Bertz CT molecular complexity index is 689. The molecule has 23 heavy (non-hydrogen) atoms. The summed E-state index contributed by atoms with van der Waals surface area (Å²) in [6, 6.07) is 0. The third-order valence-corrected chi connectivity index (χ3v) is 3.81. The molecule has 2 aromatic heterocycles. The van der Waals surface area contributed by atoms with Crippen LogP contribution in [0.2, 0.25) is 0 Å². The zero-order chi connectivity index (χ0) is 16.1. The van der Waals surface area contributed by atoms with E-state index in [4.69, 9.17) is 4.74 Å². The Morgan fingerprint density at radius 2 is 1.87 bits per heavy atom. The monoisotopic (exact) mass is 345 g/mol. The summed E-state index contributed by atoms with van der Waals surface area (Å²) in [5.74, 6) is 0.722. The third-order valence-electron chi connectivity index (χ3n) is 3.81. The van der Waals surface area contributed by atoms with Crippen molar-refractivity contribution in [3.05, 3.63) is 12.0 Å². The summed E-state index contributed by atoms with van der Waals surface area (Å²) in [5.41, 5.74) is 1.59. The summed E-state index contributed by atoms with van der Waals surface area (Å²) in [6.45, 7) is -0.375. The van der Waals surface area contributed by atoms with Gasteiger partial charge in [-0.2, -0.15) is 10.1 Å². The Morgan fingerprint density at radius 3 is 2.43 bits per heavy atom. The molecule has 3 heterocycles. The van der Waals surface area contributed by atoms with Crippen molar-refractivity contribution in [1.82, 2.24) is 24.6 Å². The van der Waals surface area contributed by atoms with Gasteiger partial charge in [-0.1, -0.05) is 0 Å². The van der Waals surface area contributed by atoms with E-state index < -0.39 is 24.4 Å². The van der Waals surface area contributed by atoms with Crippen LogP contribution in [-0.2, 0) is 4.74 Å². The first-order valence-electron chi connectivity index (χ1n) is 6.98. The van der Waals surface area contributed by atoms with Crippen molar-refractivity contribution in [2.75, 3.05) is 27.7 Å². The van der Waals surface area contributed by atoms with Crippen molar-refractivity contribution in [3.63, 3.8) is 0 Å². The van der Waals surface area contributed by atoms with Gasteiger partial charge in [0.25, 0.3) is 5.82 Å². The minimum Gasteiger partial charge on any atom is -1.00 e. The van der Waals surface area contributed by atoms with Crippen LogP contribution in [0.3, 0.4) is 0 Å². The molecule has 0 amide bonds. The highest BCUT2D eigenvalue weighted by Crippen LogP contribution is 2.36. The molecule has 0 aliphatic carbocycles. The summed E-state index contributed by atoms with van der Waals surface area (Å²) in [7, 11) is 5.88. The summed E-state index contributed by atoms with van der Waals surface area (Å²) < 4.78 is 5.98. The summed E-state index contributed by atoms with van der Waals surface area (Å²) in [6.07, 6.45) is -2.55. The molecule has 4 N–H and O–H groups in total. The van der Waals surface area contributed by atoms with E-state index in [1.165, 1.54) is 6.33 Å². The molecule has 1 saturated heterocycles. The van der Waals surface area contributed by atoms with Crippen molar-refractivity contribution in [3.8, 4) is 0 Å². The number of rotatable bonds is 3. The van der Waals surface area contributed by atoms with Crippen molar-refractivity contribution < 1.29 is 32.5 Å². The average molecular weight is 346 g/mol. The predicted octanol–water partition coefficient (Wildman–Crippen LogP) is -4.29. The number of aliphatic hydroxyl groups is 3. The number of hydrogen-bond acceptors (Lipinski definition) is 7. The van der Waals surface area contributed by atoms with E-state index in [9.17, 15) is 15.3 Å². The van der Waals surface area contributed by atoms with Gasteiger partial charge in [0.05, 0.1) is 33.4 Å². The van der Waals surface area contributed by atoms with Crippen LogP contribution in [0.15, 0.2) is 6.33 Å². The van der Waals surface area contributed by atoms with Gasteiger partial charge in [-0.3, -0.25) is 9.58 Å². The van der Waals surface area contributed by atoms with Crippen LogP contribution in [0.1, 0.15) is 11.8 Å². The van der Waals surface area contributed by atoms with E-state index in [0.717, 1.165) is 5.82 Å². The minimum atomic E-state index is -1.16. The number of ether oxygens (including phenoxy) is 1. The molecular weight excluding hydrogens is 326 g/mol. The smallest absolute Gasteiger partial charge is 0.258 e. The van der Waals surface area contributed by atoms with Crippen molar-refractivity contribution in [1.29, 1.82) is 0 Å². The number of hydrogen-bond donors (Lipinski definition) is 4. The molecule has 1 fully saturated rings. The number of nitrogens with one attached hydrogen (secondary N) is 1. The second-order valence-corrected chi connectivity index (χ2v) is 6.30. The second-order valence-electron chi connectivity index (χ2n) is 6.30. The van der Waals surface area contributed by atoms with Crippen LogP contribution in [0.4, 0.5) is 5.82 Å². The first-order valence-corrected chi connectivity index (χ1v) is 6.98. The van der Waals surface area contributed by atoms with Crippen molar-refractivity contribution in [2.45, 2.75) is 24.4 Å². The fourth-order valence-corrected chi connectivity index (χ4v) is 2.67. The van der Waals surface area contributed by atoms with Gasteiger partial charge < -0.3 is 32.5 Å². The number of aromatic amines is 1. The molecule has 10 heteroatoms. The molecule has 0 spiro atoms. The highest BCUT2D eigenvalue weighted by Gasteiger charge is 2.45. The Kier molecular flexibility index (Phi) is 4.90. The maximum atomic E-state index is 10.1. The van der Waals surface area contributed by atoms with Gasteiger partial charge in [0, 0.05) is 0 Å². The summed E-state index contributed by atoms with van der Waals surface area (Å²) in [5, 5.41) is 36.3. The second kappa shape index (κ2) is 6.27. The fourth-order valence-electron chi connectivity index (χ4n) is 2.67. The molecule has 4 atom stereocenters. The Hall–Kier alpha value is -1.36. The zero-order valence-electron chi connectivity index (χ0n) is 13.0. The van der Waals surface area contributed by atoms with E-state index in [1.54, 1.807) is 0 Å². The first kappa shape index (κ1) is 18.0. The molecule has 9 nitrogen and oxygen atoms in total. The molecule has 0 saturated carbocycles. The Labute approximate surface area is 138 Å². The lowest BCUT2D eigenvalue weighted by Gasteiger charge is -2.21. The largest absolute Gasteiger partial charge is 1.00 e. The van der Waals surface area contributed by atoms with Gasteiger partial charge >= 0.3 is 0 Å². The number of fused-ring (bicyclic) bond motifs is 1. The lowest BCUT2D eigenvalue weighted by atomic mass is 10.1. The van der Waals surface area contributed by atoms with Gasteiger partial charge in [0.15, 0.2) is 5.52 Å². The quantitative estimate of drug-likeness (QED) is 0.415. The molecule has 3 rings (SSSR count). The Balaban J connectivity index is 0.00000192.